The van der Waals surface area contributed by atoms with Crippen LogP contribution in [0, 0.1) is 0 Å². The van der Waals surface area contributed by atoms with Gasteiger partial charge in [-0.05, 0) is 59.0 Å². The molecule has 0 radical (unpaired) electrons. The Bertz CT molecular complexity index is 2260. The zero-order valence-corrected chi connectivity index (χ0v) is 32.2. The highest BCUT2D eigenvalue weighted by molar-refractivity contribution is 5.92. The number of amides is 4. The van der Waals surface area contributed by atoms with Gasteiger partial charge in [0.2, 0.25) is 11.8 Å². The van der Waals surface area contributed by atoms with E-state index in [4.69, 9.17) is 28.7 Å². The van der Waals surface area contributed by atoms with Crippen molar-refractivity contribution in [2.45, 2.75) is 37.0 Å². The molecule has 4 heterocycles. The van der Waals surface area contributed by atoms with Gasteiger partial charge in [-0.2, -0.15) is 0 Å². The van der Waals surface area contributed by atoms with Crippen LogP contribution in [0.2, 0.25) is 0 Å². The first kappa shape index (κ1) is 39.2. The topological polar surface area (TPSA) is 202 Å². The maximum atomic E-state index is 13.6. The number of likely N-dealkylation sites (tertiary alicyclic amines) is 1. The summed E-state index contributed by atoms with van der Waals surface area (Å²) >= 11 is 0. The molecule has 4 unspecified atom stereocenters. The van der Waals surface area contributed by atoms with E-state index in [1.165, 1.54) is 28.4 Å². The lowest BCUT2D eigenvalue weighted by Crippen LogP contribution is -2.54. The Morgan fingerprint density at radius 1 is 0.772 bits per heavy atom. The van der Waals surface area contributed by atoms with Gasteiger partial charge < -0.3 is 54.1 Å². The largest absolute Gasteiger partial charge is 0.453 e. The van der Waals surface area contributed by atoms with Crippen molar-refractivity contribution in [2.24, 2.45) is 0 Å². The second kappa shape index (κ2) is 17.4. The average molecular weight is 783 g/mol. The minimum Gasteiger partial charge on any atom is -0.453 e. The van der Waals surface area contributed by atoms with Gasteiger partial charge in [0.15, 0.2) is 0 Å². The Morgan fingerprint density at radius 3 is 2.05 bits per heavy atom. The number of hydrogen-bond acceptors (Lipinski definition) is 11. The Hall–Kier alpha value is -6.04. The van der Waals surface area contributed by atoms with Crippen molar-refractivity contribution >= 4 is 45.8 Å². The molecule has 0 spiro atoms. The number of nitrogens with zero attached hydrogens (tertiary/aromatic N) is 4. The van der Waals surface area contributed by atoms with E-state index in [-0.39, 0.29) is 37.7 Å². The predicted octanol–water partition coefficient (Wildman–Crippen LogP) is 4.08. The number of imidazole rings is 2. The van der Waals surface area contributed by atoms with Crippen LogP contribution < -0.4 is 10.6 Å². The SMILES string of the molecule is COCC(NC(=O)OC)C(=O)N1CCCC1c1ncc(-c2ccc3cc(-c4ccc5nc(C6COCCN6C(=O)C(COC)NC(=O)OC)[nH]c5c4)ccc3c2)[nH]1. The van der Waals surface area contributed by atoms with Gasteiger partial charge in [0.1, 0.15) is 29.8 Å². The summed E-state index contributed by atoms with van der Waals surface area (Å²) in [7, 11) is 5.43. The number of rotatable bonds is 12. The number of H-pyrrole nitrogens is 2. The van der Waals surface area contributed by atoms with E-state index in [0.29, 0.717) is 31.3 Å². The van der Waals surface area contributed by atoms with E-state index in [9.17, 15) is 19.2 Å². The summed E-state index contributed by atoms with van der Waals surface area (Å²) in [5.41, 5.74) is 5.34. The highest BCUT2D eigenvalue weighted by atomic mass is 16.5. The maximum Gasteiger partial charge on any atom is 0.407 e. The number of methoxy groups -OCH3 is 4. The summed E-state index contributed by atoms with van der Waals surface area (Å²) in [6.45, 7) is 1.46. The number of benzene rings is 3. The van der Waals surface area contributed by atoms with Crippen molar-refractivity contribution < 1.29 is 42.9 Å². The van der Waals surface area contributed by atoms with Crippen LogP contribution in [0.5, 0.6) is 0 Å². The average Bonchev–Trinajstić information content (AvgIpc) is 4.02. The van der Waals surface area contributed by atoms with Crippen molar-refractivity contribution in [1.82, 2.24) is 40.4 Å². The van der Waals surface area contributed by atoms with Crippen molar-refractivity contribution in [3.63, 3.8) is 0 Å². The summed E-state index contributed by atoms with van der Waals surface area (Å²) < 4.78 is 25.6. The Morgan fingerprint density at radius 2 is 1.39 bits per heavy atom. The van der Waals surface area contributed by atoms with Crippen LogP contribution in [-0.2, 0) is 33.3 Å². The number of morpholine rings is 1. The molecule has 3 aromatic carbocycles. The number of nitrogens with one attached hydrogen (secondary N) is 4. The lowest BCUT2D eigenvalue weighted by atomic mass is 9.99. The first-order valence-electron chi connectivity index (χ1n) is 18.7. The zero-order chi connectivity index (χ0) is 40.1. The second-order valence-corrected chi connectivity index (χ2v) is 13.9. The van der Waals surface area contributed by atoms with Crippen LogP contribution >= 0.6 is 0 Å². The number of hydrogen-bond donors (Lipinski definition) is 4. The predicted molar refractivity (Wildman–Crippen MR) is 208 cm³/mol. The fourth-order valence-corrected chi connectivity index (χ4v) is 7.51. The van der Waals surface area contributed by atoms with Crippen molar-refractivity contribution in [3.05, 3.63) is 72.4 Å². The van der Waals surface area contributed by atoms with Crippen LogP contribution in [0.25, 0.3) is 44.2 Å². The molecular weight excluding hydrogens is 736 g/mol. The van der Waals surface area contributed by atoms with Gasteiger partial charge in [-0.25, -0.2) is 19.6 Å². The number of aromatic nitrogens is 4. The molecule has 5 aromatic rings. The standard InChI is InChI=1S/C40H46N8O9/c1-53-20-31(45-39(51)55-3)37(49)47-13-5-6-33(47)35-41-19-30(44-35)27-10-9-23-16-24(7-8-25(23)17-27)26-11-12-28-29(18-26)43-36(42-28)34-22-57-15-14-48(34)38(50)32(21-54-2)46-40(52)56-4/h7-12,16-19,31-34H,5-6,13-15,20-22H2,1-4H3,(H,41,44)(H,42,43)(H,45,51)(H,46,52). The lowest BCUT2D eigenvalue weighted by Gasteiger charge is -2.36. The molecule has 2 saturated heterocycles. The fourth-order valence-electron chi connectivity index (χ4n) is 7.51. The molecule has 2 aromatic heterocycles. The Kier molecular flexibility index (Phi) is 12.0. The summed E-state index contributed by atoms with van der Waals surface area (Å²) in [6.07, 6.45) is 1.91. The highest BCUT2D eigenvalue weighted by Gasteiger charge is 2.37. The Balaban J connectivity index is 1.07. The molecule has 0 aliphatic carbocycles. The third-order valence-electron chi connectivity index (χ3n) is 10.4. The third kappa shape index (κ3) is 8.40. The van der Waals surface area contributed by atoms with Crippen LogP contribution in [0.4, 0.5) is 9.59 Å². The number of fused-ring (bicyclic) bond motifs is 2. The molecule has 7 rings (SSSR count). The molecule has 57 heavy (non-hydrogen) atoms. The first-order chi connectivity index (χ1) is 27.7. The van der Waals surface area contributed by atoms with Crippen molar-refractivity contribution in [1.29, 1.82) is 0 Å². The molecule has 2 fully saturated rings. The number of aromatic amines is 2. The van der Waals surface area contributed by atoms with Crippen LogP contribution in [-0.4, -0.2) is 134 Å². The van der Waals surface area contributed by atoms with Crippen LogP contribution in [0.15, 0.2) is 60.8 Å². The monoisotopic (exact) mass is 782 g/mol. The molecule has 2 aliphatic rings. The van der Waals surface area contributed by atoms with Gasteiger partial charge in [0.25, 0.3) is 0 Å². The molecule has 0 bridgehead atoms. The maximum absolute atomic E-state index is 13.6. The van der Waals surface area contributed by atoms with Crippen molar-refractivity contribution in [2.75, 3.05) is 68.0 Å². The van der Waals surface area contributed by atoms with E-state index in [2.05, 4.69) is 55.9 Å². The van der Waals surface area contributed by atoms with Gasteiger partial charge in [0.05, 0.1) is 69.6 Å². The normalized spacial score (nSPS) is 18.0. The van der Waals surface area contributed by atoms with Gasteiger partial charge in [-0.3, -0.25) is 9.59 Å². The van der Waals surface area contributed by atoms with Gasteiger partial charge >= 0.3 is 12.2 Å². The molecule has 17 nitrogen and oxygen atoms in total. The van der Waals surface area contributed by atoms with E-state index in [1.807, 2.05) is 24.3 Å². The number of carbonyl (C=O) groups excluding carboxylic acids is 4. The van der Waals surface area contributed by atoms with Gasteiger partial charge in [-0.15, -0.1) is 0 Å². The summed E-state index contributed by atoms with van der Waals surface area (Å²) in [6, 6.07) is 15.9. The van der Waals surface area contributed by atoms with Gasteiger partial charge in [0, 0.05) is 32.9 Å². The van der Waals surface area contributed by atoms with E-state index in [1.54, 1.807) is 16.0 Å². The number of alkyl carbamates (subject to hydrolysis) is 2. The van der Waals surface area contributed by atoms with Crippen molar-refractivity contribution in [3.8, 4) is 22.4 Å². The minimum atomic E-state index is -0.932. The molecular formula is C40H46N8O9. The summed E-state index contributed by atoms with van der Waals surface area (Å²) in [5.74, 6) is 0.685. The van der Waals surface area contributed by atoms with E-state index in [0.717, 1.165) is 57.0 Å². The van der Waals surface area contributed by atoms with E-state index >= 15 is 0 Å². The lowest BCUT2D eigenvalue weighted by molar-refractivity contribution is -0.144. The molecule has 17 heteroatoms. The number of carbonyl (C=O) groups is 4. The molecule has 4 N–H and O–H groups in total. The fraction of sp³-hybridized carbons (Fsp3) is 0.400. The van der Waals surface area contributed by atoms with Crippen LogP contribution in [0.1, 0.15) is 36.6 Å². The van der Waals surface area contributed by atoms with E-state index < -0.39 is 30.3 Å². The summed E-state index contributed by atoms with van der Waals surface area (Å²) in [5, 5.41) is 7.23. The molecule has 0 saturated carbocycles. The highest BCUT2D eigenvalue weighted by Crippen LogP contribution is 2.34. The molecule has 300 valence electrons. The molecule has 4 amide bonds. The minimum absolute atomic E-state index is 0.0163. The quantitative estimate of drug-likeness (QED) is 0.142. The Labute approximate surface area is 328 Å². The molecule has 2 aliphatic heterocycles. The first-order valence-corrected chi connectivity index (χ1v) is 18.7. The third-order valence-corrected chi connectivity index (χ3v) is 10.4. The van der Waals surface area contributed by atoms with Crippen LogP contribution in [0.3, 0.4) is 0 Å². The number of ether oxygens (including phenoxy) is 5. The van der Waals surface area contributed by atoms with Gasteiger partial charge in [-0.1, -0.05) is 30.3 Å². The smallest absolute Gasteiger partial charge is 0.407 e. The summed E-state index contributed by atoms with van der Waals surface area (Å²) in [4.78, 5) is 70.6. The molecule has 4 atom stereocenters. The zero-order valence-electron chi connectivity index (χ0n) is 32.2. The second-order valence-electron chi connectivity index (χ2n) is 13.9.